The molecule has 52 valence electrons. The molecule has 0 aliphatic heterocycles. The Hall–Kier alpha value is -0.480. The summed E-state index contributed by atoms with van der Waals surface area (Å²) in [6.07, 6.45) is 3.40. The van der Waals surface area contributed by atoms with E-state index in [0.717, 1.165) is 0 Å². The maximum atomic E-state index is 10.5. The van der Waals surface area contributed by atoms with Gasteiger partial charge in [0, 0.05) is 0 Å². The van der Waals surface area contributed by atoms with Crippen LogP contribution >= 0.6 is 11.8 Å². The first-order valence-corrected chi connectivity index (χ1v) is 3.63. The number of amides is 1. The molecule has 0 heterocycles. The zero-order valence-corrected chi connectivity index (χ0v) is 6.16. The Morgan fingerprint density at radius 3 is 2.44 bits per heavy atom. The van der Waals surface area contributed by atoms with Crippen LogP contribution in [0.1, 0.15) is 6.92 Å². The van der Waals surface area contributed by atoms with Crippen LogP contribution in [0.15, 0.2) is 11.0 Å². The summed E-state index contributed by atoms with van der Waals surface area (Å²) in [4.78, 5) is 11.0. The molecule has 0 fully saturated rings. The predicted octanol–water partition coefficient (Wildman–Crippen LogP) is 0.759. The fourth-order valence-corrected chi connectivity index (χ4v) is 0.863. The van der Waals surface area contributed by atoms with Crippen molar-refractivity contribution in [2.45, 2.75) is 6.92 Å². The van der Waals surface area contributed by atoms with Gasteiger partial charge in [-0.15, -0.1) is 11.8 Å². The van der Waals surface area contributed by atoms with Crippen LogP contribution in [-0.2, 0) is 4.79 Å². The van der Waals surface area contributed by atoms with Gasteiger partial charge in [0.1, 0.15) is 0 Å². The minimum Gasteiger partial charge on any atom is -0.288 e. The summed E-state index contributed by atoms with van der Waals surface area (Å²) in [6, 6.07) is 0. The number of rotatable bonds is 2. The number of carbonyl (C=O) groups excluding carboxylic acids is 1. The van der Waals surface area contributed by atoms with Gasteiger partial charge in [0.15, 0.2) is 0 Å². The average Bonchev–Trinajstić information content (AvgIpc) is 1.90. The highest BCUT2D eigenvalue weighted by Gasteiger charge is 2.02. The van der Waals surface area contributed by atoms with Gasteiger partial charge < -0.3 is 0 Å². The number of allylic oxidation sites excluding steroid dienone is 1. The maximum absolute atomic E-state index is 10.5. The Labute approximate surface area is 58.1 Å². The smallest absolute Gasteiger partial charge is 0.280 e. The van der Waals surface area contributed by atoms with E-state index in [1.165, 1.54) is 17.2 Å². The molecular weight excluding hydrogens is 138 g/mol. The standard InChI is InChI=1S/C5H9NO2S/c1-3-4(9-2)5(7)6-8/h3,8H,1-2H3,(H,6,7). The summed E-state index contributed by atoms with van der Waals surface area (Å²) >= 11 is 1.29. The second-order valence-electron chi connectivity index (χ2n) is 1.30. The molecule has 0 aromatic heterocycles. The quantitative estimate of drug-likeness (QED) is 0.344. The van der Waals surface area contributed by atoms with Gasteiger partial charge in [0.2, 0.25) is 0 Å². The van der Waals surface area contributed by atoms with Crippen molar-refractivity contribution < 1.29 is 10.0 Å². The number of hydroxylamine groups is 1. The van der Waals surface area contributed by atoms with Crippen molar-refractivity contribution in [1.29, 1.82) is 0 Å². The van der Waals surface area contributed by atoms with Crippen LogP contribution in [0, 0.1) is 0 Å². The lowest BCUT2D eigenvalue weighted by atomic mass is 10.5. The zero-order chi connectivity index (χ0) is 7.28. The van der Waals surface area contributed by atoms with Crippen LogP contribution in [0.2, 0.25) is 0 Å². The molecule has 0 spiro atoms. The van der Waals surface area contributed by atoms with E-state index in [1.54, 1.807) is 19.3 Å². The molecule has 0 aromatic rings. The normalized spacial score (nSPS) is 11.2. The van der Waals surface area contributed by atoms with Gasteiger partial charge in [-0.3, -0.25) is 10.0 Å². The molecule has 0 rings (SSSR count). The first-order chi connectivity index (χ1) is 4.26. The molecule has 1 amide bonds. The summed E-state index contributed by atoms with van der Waals surface area (Å²) in [5.41, 5.74) is 1.54. The largest absolute Gasteiger partial charge is 0.288 e. The lowest BCUT2D eigenvalue weighted by molar-refractivity contribution is -0.124. The Balaban J connectivity index is 3.97. The third-order valence-corrected chi connectivity index (χ3v) is 1.67. The molecule has 0 aromatic carbocycles. The highest BCUT2D eigenvalue weighted by molar-refractivity contribution is 8.03. The van der Waals surface area contributed by atoms with Gasteiger partial charge in [-0.1, -0.05) is 6.08 Å². The molecule has 3 nitrogen and oxygen atoms in total. The van der Waals surface area contributed by atoms with E-state index in [-0.39, 0.29) is 0 Å². The number of nitrogens with one attached hydrogen (secondary N) is 1. The molecule has 0 atom stereocenters. The van der Waals surface area contributed by atoms with Crippen LogP contribution in [0.25, 0.3) is 0 Å². The van der Waals surface area contributed by atoms with Crippen molar-refractivity contribution in [3.8, 4) is 0 Å². The van der Waals surface area contributed by atoms with Crippen molar-refractivity contribution in [3.05, 3.63) is 11.0 Å². The Bertz CT molecular complexity index is 133. The monoisotopic (exact) mass is 147 g/mol. The molecule has 0 unspecified atom stereocenters. The lowest BCUT2D eigenvalue weighted by Gasteiger charge is -1.97. The summed E-state index contributed by atoms with van der Waals surface area (Å²) in [6.45, 7) is 1.74. The van der Waals surface area contributed by atoms with Gasteiger partial charge in [-0.05, 0) is 13.2 Å². The average molecular weight is 147 g/mol. The molecule has 0 saturated carbocycles. The fourth-order valence-electron chi connectivity index (χ4n) is 0.397. The van der Waals surface area contributed by atoms with Crippen LogP contribution in [-0.4, -0.2) is 17.4 Å². The van der Waals surface area contributed by atoms with Crippen LogP contribution in [0.4, 0.5) is 0 Å². The zero-order valence-electron chi connectivity index (χ0n) is 5.34. The van der Waals surface area contributed by atoms with Crippen LogP contribution in [0.3, 0.4) is 0 Å². The van der Waals surface area contributed by atoms with E-state index in [4.69, 9.17) is 5.21 Å². The van der Waals surface area contributed by atoms with E-state index in [2.05, 4.69) is 0 Å². The number of carbonyl (C=O) groups is 1. The van der Waals surface area contributed by atoms with Crippen LogP contribution in [0.5, 0.6) is 0 Å². The first kappa shape index (κ1) is 8.52. The topological polar surface area (TPSA) is 49.3 Å². The van der Waals surface area contributed by atoms with E-state index in [1.807, 2.05) is 0 Å². The third-order valence-electron chi connectivity index (χ3n) is 0.807. The number of hydrogen-bond acceptors (Lipinski definition) is 3. The lowest BCUT2D eigenvalue weighted by Crippen LogP contribution is -2.18. The molecule has 0 aliphatic carbocycles. The van der Waals surface area contributed by atoms with E-state index in [0.29, 0.717) is 4.91 Å². The van der Waals surface area contributed by atoms with Crippen molar-refractivity contribution in [2.24, 2.45) is 0 Å². The number of hydrogen-bond donors (Lipinski definition) is 2. The van der Waals surface area contributed by atoms with E-state index in [9.17, 15) is 4.79 Å². The van der Waals surface area contributed by atoms with Gasteiger partial charge in [-0.2, -0.15) is 0 Å². The van der Waals surface area contributed by atoms with Gasteiger partial charge in [-0.25, -0.2) is 5.48 Å². The summed E-state index contributed by atoms with van der Waals surface area (Å²) < 4.78 is 0. The van der Waals surface area contributed by atoms with Gasteiger partial charge in [0.25, 0.3) is 5.91 Å². The van der Waals surface area contributed by atoms with Crippen molar-refractivity contribution in [3.63, 3.8) is 0 Å². The Morgan fingerprint density at radius 2 is 2.33 bits per heavy atom. The SMILES string of the molecule is CC=C(SC)C(=O)NO. The van der Waals surface area contributed by atoms with Crippen LogP contribution < -0.4 is 5.48 Å². The minimum absolute atomic E-state index is 0.454. The van der Waals surface area contributed by atoms with E-state index < -0.39 is 5.91 Å². The summed E-state index contributed by atoms with van der Waals surface area (Å²) in [7, 11) is 0. The summed E-state index contributed by atoms with van der Waals surface area (Å²) in [5.74, 6) is -0.454. The molecular formula is C5H9NO2S. The molecule has 2 N–H and O–H groups in total. The molecule has 9 heavy (non-hydrogen) atoms. The second-order valence-corrected chi connectivity index (χ2v) is 2.15. The predicted molar refractivity (Wildman–Crippen MR) is 37.2 cm³/mol. The molecule has 0 saturated heterocycles. The molecule has 4 heteroatoms. The highest BCUT2D eigenvalue weighted by atomic mass is 32.2. The highest BCUT2D eigenvalue weighted by Crippen LogP contribution is 2.09. The molecule has 0 radical (unpaired) electrons. The second kappa shape index (κ2) is 4.40. The first-order valence-electron chi connectivity index (χ1n) is 2.41. The van der Waals surface area contributed by atoms with Crippen molar-refractivity contribution in [1.82, 2.24) is 5.48 Å². The Morgan fingerprint density at radius 1 is 1.78 bits per heavy atom. The Kier molecular flexibility index (Phi) is 4.17. The maximum Gasteiger partial charge on any atom is 0.280 e. The third kappa shape index (κ3) is 2.53. The fraction of sp³-hybridized carbons (Fsp3) is 0.400. The molecule has 0 aliphatic rings. The summed E-state index contributed by atoms with van der Waals surface area (Å²) in [5, 5.41) is 8.11. The van der Waals surface area contributed by atoms with Crippen molar-refractivity contribution >= 4 is 17.7 Å². The van der Waals surface area contributed by atoms with Gasteiger partial charge in [0.05, 0.1) is 4.91 Å². The van der Waals surface area contributed by atoms with Gasteiger partial charge >= 0.3 is 0 Å². The minimum atomic E-state index is -0.454. The van der Waals surface area contributed by atoms with Crippen molar-refractivity contribution in [2.75, 3.05) is 6.26 Å². The van der Waals surface area contributed by atoms with E-state index >= 15 is 0 Å². The molecule has 0 bridgehead atoms. The number of thioether (sulfide) groups is 1.